The van der Waals surface area contributed by atoms with E-state index in [0.717, 1.165) is 34.4 Å². The first kappa shape index (κ1) is 19.0. The van der Waals surface area contributed by atoms with E-state index in [1.165, 1.54) is 16.9 Å². The van der Waals surface area contributed by atoms with Crippen molar-refractivity contribution in [3.63, 3.8) is 0 Å². The van der Waals surface area contributed by atoms with E-state index in [1.54, 1.807) is 23.4 Å². The van der Waals surface area contributed by atoms with E-state index in [4.69, 9.17) is 0 Å². The van der Waals surface area contributed by atoms with Crippen LogP contribution in [0.5, 0.6) is 0 Å². The van der Waals surface area contributed by atoms with E-state index >= 15 is 0 Å². The van der Waals surface area contributed by atoms with Crippen molar-refractivity contribution in [1.82, 2.24) is 33.9 Å². The number of hydrogen-bond acceptors (Lipinski definition) is 7. The van der Waals surface area contributed by atoms with Gasteiger partial charge in [-0.2, -0.15) is 0 Å². The van der Waals surface area contributed by atoms with E-state index in [1.807, 2.05) is 21.9 Å². The number of nitrogens with zero attached hydrogens (tertiary/aromatic N) is 7. The molecule has 10 heteroatoms. The summed E-state index contributed by atoms with van der Waals surface area (Å²) in [6.07, 6.45) is 0. The number of aromatic nitrogens is 7. The predicted molar refractivity (Wildman–Crippen MR) is 119 cm³/mol. The van der Waals surface area contributed by atoms with Crippen LogP contribution in [-0.4, -0.2) is 33.9 Å². The number of thioether (sulfide) groups is 1. The monoisotopic (exact) mass is 437 g/mol. The lowest BCUT2D eigenvalue weighted by Gasteiger charge is -2.08. The maximum atomic E-state index is 12.5. The third kappa shape index (κ3) is 2.94. The van der Waals surface area contributed by atoms with Gasteiger partial charge < -0.3 is 4.57 Å². The summed E-state index contributed by atoms with van der Waals surface area (Å²) in [6, 6.07) is 10.2. The largest absolute Gasteiger partial charge is 0.302 e. The van der Waals surface area contributed by atoms with Crippen LogP contribution < -0.4 is 5.56 Å². The molecule has 5 rings (SSSR count). The van der Waals surface area contributed by atoms with Crippen LogP contribution in [0.25, 0.3) is 27.4 Å². The topological polar surface area (TPSA) is 82.9 Å². The Morgan fingerprint density at radius 1 is 1.13 bits per heavy atom. The van der Waals surface area contributed by atoms with Crippen LogP contribution in [-0.2, 0) is 19.3 Å². The van der Waals surface area contributed by atoms with Crippen molar-refractivity contribution in [1.29, 1.82) is 0 Å². The molecule has 0 unspecified atom stereocenters. The lowest BCUT2D eigenvalue weighted by Crippen LogP contribution is -2.19. The van der Waals surface area contributed by atoms with Crippen molar-refractivity contribution in [2.45, 2.75) is 31.3 Å². The van der Waals surface area contributed by atoms with Gasteiger partial charge in [-0.3, -0.25) is 13.8 Å². The number of aryl methyl sites for hydroxylation is 2. The van der Waals surface area contributed by atoms with E-state index in [9.17, 15) is 4.79 Å². The molecule has 0 amide bonds. The minimum absolute atomic E-state index is 0.0485. The zero-order valence-electron chi connectivity index (χ0n) is 16.7. The van der Waals surface area contributed by atoms with Gasteiger partial charge in [-0.25, -0.2) is 0 Å². The van der Waals surface area contributed by atoms with E-state index in [0.29, 0.717) is 16.2 Å². The Morgan fingerprint density at radius 3 is 2.80 bits per heavy atom. The highest BCUT2D eigenvalue weighted by Crippen LogP contribution is 2.27. The summed E-state index contributed by atoms with van der Waals surface area (Å²) in [5, 5.41) is 20.2. The van der Waals surface area contributed by atoms with Gasteiger partial charge in [0.05, 0.1) is 11.3 Å². The fourth-order valence-corrected chi connectivity index (χ4v) is 5.32. The van der Waals surface area contributed by atoms with Crippen LogP contribution >= 0.6 is 23.1 Å². The van der Waals surface area contributed by atoms with Crippen molar-refractivity contribution in [2.75, 3.05) is 0 Å². The molecule has 0 N–H and O–H groups in total. The molecule has 0 radical (unpaired) electrons. The van der Waals surface area contributed by atoms with E-state index in [2.05, 4.69) is 57.0 Å². The van der Waals surface area contributed by atoms with Gasteiger partial charge in [-0.15, -0.1) is 31.7 Å². The highest BCUT2D eigenvalue weighted by Gasteiger charge is 2.18. The molecule has 0 spiro atoms. The van der Waals surface area contributed by atoms with Gasteiger partial charge in [0.25, 0.3) is 5.56 Å². The molecule has 0 saturated carbocycles. The number of benzene rings is 1. The van der Waals surface area contributed by atoms with Gasteiger partial charge in [0, 0.05) is 19.2 Å². The third-order valence-electron chi connectivity index (χ3n) is 5.04. The molecular weight excluding hydrogens is 418 g/mol. The molecule has 4 heterocycles. The highest BCUT2D eigenvalue weighted by atomic mass is 32.2. The standard InChI is InChI=1S/C20H19N7OS2/c1-4-26-17(13-7-5-6-12(2)10-13)22-24-20(26)30-11-15-21-23-19-25(3)18(28)16-14(27(15)19)8-9-29-16/h5-10H,4,11H2,1-3H3. The first-order valence-electron chi connectivity index (χ1n) is 9.51. The van der Waals surface area contributed by atoms with Crippen LogP contribution in [0.4, 0.5) is 0 Å². The minimum Gasteiger partial charge on any atom is -0.302 e. The second kappa shape index (κ2) is 7.37. The average Bonchev–Trinajstić information content (AvgIpc) is 3.47. The van der Waals surface area contributed by atoms with Gasteiger partial charge in [0.1, 0.15) is 10.5 Å². The molecule has 0 atom stereocenters. The molecule has 1 aromatic carbocycles. The molecule has 4 aromatic heterocycles. The van der Waals surface area contributed by atoms with Crippen LogP contribution in [0.15, 0.2) is 45.7 Å². The molecule has 0 aliphatic heterocycles. The molecule has 8 nitrogen and oxygen atoms in total. The molecule has 152 valence electrons. The van der Waals surface area contributed by atoms with E-state index < -0.39 is 0 Å². The fourth-order valence-electron chi connectivity index (χ4n) is 3.55. The maximum Gasteiger partial charge on any atom is 0.272 e. The summed E-state index contributed by atoms with van der Waals surface area (Å²) in [5.74, 6) is 2.74. The lowest BCUT2D eigenvalue weighted by atomic mass is 10.1. The van der Waals surface area contributed by atoms with Crippen molar-refractivity contribution in [2.24, 2.45) is 7.05 Å². The number of hydrogen-bond donors (Lipinski definition) is 0. The summed E-state index contributed by atoms with van der Waals surface area (Å²) in [5.41, 5.74) is 3.04. The molecule has 0 aliphatic carbocycles. The summed E-state index contributed by atoms with van der Waals surface area (Å²) >= 11 is 3.00. The molecule has 5 aromatic rings. The van der Waals surface area contributed by atoms with Crippen molar-refractivity contribution in [3.05, 3.63) is 57.5 Å². The Bertz CT molecular complexity index is 1440. The van der Waals surface area contributed by atoms with Crippen LogP contribution in [0.1, 0.15) is 18.3 Å². The quantitative estimate of drug-likeness (QED) is 0.391. The summed E-state index contributed by atoms with van der Waals surface area (Å²) in [7, 11) is 1.73. The molecule has 0 fully saturated rings. The second-order valence-corrected chi connectivity index (χ2v) is 8.82. The number of thiophene rings is 1. The first-order chi connectivity index (χ1) is 14.6. The van der Waals surface area contributed by atoms with Crippen LogP contribution in [0.2, 0.25) is 0 Å². The number of rotatable bonds is 5. The van der Waals surface area contributed by atoms with Crippen molar-refractivity contribution < 1.29 is 0 Å². The highest BCUT2D eigenvalue weighted by molar-refractivity contribution is 7.98. The summed E-state index contributed by atoms with van der Waals surface area (Å²) < 4.78 is 6.31. The van der Waals surface area contributed by atoms with Crippen LogP contribution in [0.3, 0.4) is 0 Å². The normalized spacial score (nSPS) is 11.7. The third-order valence-corrected chi connectivity index (χ3v) is 6.89. The molecule has 30 heavy (non-hydrogen) atoms. The fraction of sp³-hybridized carbons (Fsp3) is 0.250. The second-order valence-electron chi connectivity index (χ2n) is 6.96. The summed E-state index contributed by atoms with van der Waals surface area (Å²) in [6.45, 7) is 4.92. The van der Waals surface area contributed by atoms with Crippen molar-refractivity contribution >= 4 is 39.1 Å². The Balaban J connectivity index is 1.52. The molecule has 0 bridgehead atoms. The van der Waals surface area contributed by atoms with Gasteiger partial charge in [-0.05, 0) is 31.4 Å². The zero-order valence-corrected chi connectivity index (χ0v) is 18.4. The molecule has 0 aliphatic rings. The Morgan fingerprint density at radius 2 is 2.00 bits per heavy atom. The smallest absolute Gasteiger partial charge is 0.272 e. The molecular formula is C20H19N7OS2. The summed E-state index contributed by atoms with van der Waals surface area (Å²) in [4.78, 5) is 12.5. The average molecular weight is 438 g/mol. The zero-order chi connectivity index (χ0) is 20.8. The van der Waals surface area contributed by atoms with Gasteiger partial charge in [-0.1, -0.05) is 35.5 Å². The predicted octanol–water partition coefficient (Wildman–Crippen LogP) is 3.52. The maximum absolute atomic E-state index is 12.5. The lowest BCUT2D eigenvalue weighted by molar-refractivity contribution is 0.687. The Hall–Kier alpha value is -2.98. The SMILES string of the molecule is CCn1c(SCc2nnc3n(C)c(=O)c4sccc4n23)nnc1-c1cccc(C)c1. The van der Waals surface area contributed by atoms with Gasteiger partial charge in [0.15, 0.2) is 11.0 Å². The first-order valence-corrected chi connectivity index (χ1v) is 11.4. The molecule has 0 saturated heterocycles. The minimum atomic E-state index is -0.0485. The van der Waals surface area contributed by atoms with Gasteiger partial charge in [0.2, 0.25) is 5.78 Å². The van der Waals surface area contributed by atoms with Crippen LogP contribution in [0, 0.1) is 6.92 Å². The van der Waals surface area contributed by atoms with Crippen molar-refractivity contribution in [3.8, 4) is 11.4 Å². The van der Waals surface area contributed by atoms with Gasteiger partial charge >= 0.3 is 0 Å². The number of fused-ring (bicyclic) bond motifs is 3. The Kier molecular flexibility index (Phi) is 4.67. The van der Waals surface area contributed by atoms with E-state index in [-0.39, 0.29) is 5.56 Å². The Labute approximate surface area is 180 Å².